The van der Waals surface area contributed by atoms with Gasteiger partial charge in [0.25, 0.3) is 5.92 Å². The quantitative estimate of drug-likeness (QED) is 0.445. The Hall–Kier alpha value is 0.510. The molecule has 1 rings (SSSR count). The molecule has 2 atom stereocenters. The standard InChI is InChI=1S/C9H18F2NO.HI/c1-7-9(10,11)5-8(13-7)6-12(2,3)4;/h7-8H,5-6H2,1-4H3;1H/q+1;/p-1/t7-,8+;/m0./s1. The number of rotatable bonds is 2. The lowest BCUT2D eigenvalue weighted by atomic mass is 10.1. The van der Waals surface area contributed by atoms with Crippen LogP contribution in [-0.4, -0.2) is 50.3 Å². The molecule has 1 saturated heterocycles. The van der Waals surface area contributed by atoms with Crippen LogP contribution in [0.25, 0.3) is 0 Å². The highest BCUT2D eigenvalue weighted by Crippen LogP contribution is 2.35. The van der Waals surface area contributed by atoms with Crippen molar-refractivity contribution in [2.24, 2.45) is 0 Å². The van der Waals surface area contributed by atoms with E-state index in [9.17, 15) is 8.78 Å². The van der Waals surface area contributed by atoms with Gasteiger partial charge >= 0.3 is 0 Å². The van der Waals surface area contributed by atoms with E-state index in [1.54, 1.807) is 0 Å². The first-order valence-electron chi connectivity index (χ1n) is 4.54. The summed E-state index contributed by atoms with van der Waals surface area (Å²) in [4.78, 5) is 0. The zero-order chi connectivity index (χ0) is 10.3. The number of hydrogen-bond donors (Lipinski definition) is 0. The maximum atomic E-state index is 13.0. The van der Waals surface area contributed by atoms with Crippen LogP contribution in [0.15, 0.2) is 0 Å². The van der Waals surface area contributed by atoms with Crippen LogP contribution in [0.5, 0.6) is 0 Å². The van der Waals surface area contributed by atoms with E-state index in [1.165, 1.54) is 6.92 Å². The first-order valence-corrected chi connectivity index (χ1v) is 4.54. The van der Waals surface area contributed by atoms with Gasteiger partial charge in [-0.3, -0.25) is 0 Å². The average molecular weight is 321 g/mol. The normalized spacial score (nSPS) is 31.3. The minimum absolute atomic E-state index is 0. The highest BCUT2D eigenvalue weighted by atomic mass is 127. The topological polar surface area (TPSA) is 9.23 Å². The molecule has 0 aromatic heterocycles. The van der Waals surface area contributed by atoms with Crippen molar-refractivity contribution in [3.05, 3.63) is 0 Å². The van der Waals surface area contributed by atoms with Crippen molar-refractivity contribution < 1.29 is 42.0 Å². The third kappa shape index (κ3) is 3.94. The highest BCUT2D eigenvalue weighted by molar-refractivity contribution is 4.86. The number of hydrogen-bond acceptors (Lipinski definition) is 1. The molecule has 1 fully saturated rings. The molecular formula is C9H18F2INO. The van der Waals surface area contributed by atoms with E-state index >= 15 is 0 Å². The second-order valence-electron chi connectivity index (χ2n) is 4.84. The molecule has 86 valence electrons. The maximum Gasteiger partial charge on any atom is 0.276 e. The summed E-state index contributed by atoms with van der Waals surface area (Å²) >= 11 is 0. The summed E-state index contributed by atoms with van der Waals surface area (Å²) in [5, 5.41) is 0. The fourth-order valence-electron chi connectivity index (χ4n) is 1.62. The van der Waals surface area contributed by atoms with Gasteiger partial charge in [-0.15, -0.1) is 0 Å². The van der Waals surface area contributed by atoms with E-state index < -0.39 is 12.0 Å². The predicted molar refractivity (Wildman–Crippen MR) is 46.8 cm³/mol. The van der Waals surface area contributed by atoms with E-state index in [4.69, 9.17) is 4.74 Å². The SMILES string of the molecule is C[C@@H]1O[C@@H](C[N+](C)(C)C)CC1(F)F.[I-]. The van der Waals surface area contributed by atoms with Crippen molar-refractivity contribution in [1.29, 1.82) is 0 Å². The third-order valence-electron chi connectivity index (χ3n) is 2.24. The number of quaternary nitrogens is 1. The van der Waals surface area contributed by atoms with Crippen LogP contribution in [0.1, 0.15) is 13.3 Å². The summed E-state index contributed by atoms with van der Waals surface area (Å²) in [6.07, 6.45) is -1.36. The zero-order valence-electron chi connectivity index (χ0n) is 9.06. The molecule has 0 aromatic rings. The molecule has 14 heavy (non-hydrogen) atoms. The van der Waals surface area contributed by atoms with Gasteiger partial charge in [0, 0.05) is 6.42 Å². The maximum absolute atomic E-state index is 13.0. The summed E-state index contributed by atoms with van der Waals surface area (Å²) in [6.45, 7) is 2.08. The summed E-state index contributed by atoms with van der Waals surface area (Å²) < 4.78 is 31.9. The van der Waals surface area contributed by atoms with Gasteiger partial charge in [0.05, 0.1) is 21.1 Å². The predicted octanol–water partition coefficient (Wildman–Crippen LogP) is -1.49. The molecule has 1 aliphatic heterocycles. The molecule has 0 bridgehead atoms. The van der Waals surface area contributed by atoms with Crippen LogP contribution in [0, 0.1) is 0 Å². The molecule has 1 aliphatic rings. The van der Waals surface area contributed by atoms with Gasteiger partial charge in [0.1, 0.15) is 18.8 Å². The molecule has 0 aromatic carbocycles. The van der Waals surface area contributed by atoms with Crippen LogP contribution in [0.2, 0.25) is 0 Å². The Balaban J connectivity index is 0.00000169. The minimum atomic E-state index is -2.64. The van der Waals surface area contributed by atoms with E-state index in [0.717, 1.165) is 0 Å². The first kappa shape index (κ1) is 14.5. The number of nitrogens with zero attached hydrogens (tertiary/aromatic N) is 1. The lowest BCUT2D eigenvalue weighted by molar-refractivity contribution is -0.873. The lowest BCUT2D eigenvalue weighted by Crippen LogP contribution is -3.00. The Morgan fingerprint density at radius 3 is 2.14 bits per heavy atom. The van der Waals surface area contributed by atoms with Gasteiger partial charge in [-0.25, -0.2) is 8.78 Å². The van der Waals surface area contributed by atoms with E-state index in [-0.39, 0.29) is 36.5 Å². The Morgan fingerprint density at radius 1 is 1.36 bits per heavy atom. The monoisotopic (exact) mass is 321 g/mol. The van der Waals surface area contributed by atoms with Crippen molar-refractivity contribution in [2.75, 3.05) is 27.7 Å². The summed E-state index contributed by atoms with van der Waals surface area (Å²) in [5.74, 6) is -2.64. The molecule has 0 N–H and O–H groups in total. The average Bonchev–Trinajstić information content (AvgIpc) is 2.01. The fourth-order valence-corrected chi connectivity index (χ4v) is 1.62. The van der Waals surface area contributed by atoms with Gasteiger partial charge < -0.3 is 33.2 Å². The molecule has 1 heterocycles. The molecule has 0 unspecified atom stereocenters. The van der Waals surface area contributed by atoms with Crippen molar-refractivity contribution in [3.8, 4) is 0 Å². The molecule has 5 heteroatoms. The molecule has 0 amide bonds. The van der Waals surface area contributed by atoms with Crippen LogP contribution in [-0.2, 0) is 4.74 Å². The van der Waals surface area contributed by atoms with Crippen LogP contribution in [0.4, 0.5) is 8.78 Å². The van der Waals surface area contributed by atoms with Crippen LogP contribution >= 0.6 is 0 Å². The molecule has 2 nitrogen and oxygen atoms in total. The largest absolute Gasteiger partial charge is 1.00 e. The van der Waals surface area contributed by atoms with E-state index in [0.29, 0.717) is 11.0 Å². The number of halogens is 3. The number of ether oxygens (including phenoxy) is 1. The van der Waals surface area contributed by atoms with Crippen molar-refractivity contribution in [1.82, 2.24) is 0 Å². The summed E-state index contributed by atoms with van der Waals surface area (Å²) in [6, 6.07) is 0. The smallest absolute Gasteiger partial charge is 0.276 e. The molecule has 0 saturated carbocycles. The van der Waals surface area contributed by atoms with Gasteiger partial charge in [-0.05, 0) is 6.92 Å². The van der Waals surface area contributed by atoms with E-state index in [2.05, 4.69) is 0 Å². The summed E-state index contributed by atoms with van der Waals surface area (Å²) in [5.41, 5.74) is 0. The molecule has 0 radical (unpaired) electrons. The van der Waals surface area contributed by atoms with Gasteiger partial charge in [-0.1, -0.05) is 0 Å². The van der Waals surface area contributed by atoms with Crippen molar-refractivity contribution in [2.45, 2.75) is 31.5 Å². The van der Waals surface area contributed by atoms with Gasteiger partial charge in [0.2, 0.25) is 0 Å². The van der Waals surface area contributed by atoms with E-state index in [1.807, 2.05) is 21.1 Å². The Kier molecular flexibility index (Phi) is 4.74. The highest BCUT2D eigenvalue weighted by Gasteiger charge is 2.48. The molecule has 0 aliphatic carbocycles. The van der Waals surface area contributed by atoms with Crippen molar-refractivity contribution in [3.63, 3.8) is 0 Å². The summed E-state index contributed by atoms with van der Waals surface area (Å²) in [7, 11) is 5.93. The molecule has 0 spiro atoms. The fraction of sp³-hybridized carbons (Fsp3) is 1.00. The van der Waals surface area contributed by atoms with Crippen LogP contribution in [0.3, 0.4) is 0 Å². The Bertz CT molecular complexity index is 192. The number of alkyl halides is 2. The zero-order valence-corrected chi connectivity index (χ0v) is 11.2. The Labute approximate surface area is 101 Å². The first-order chi connectivity index (χ1) is 5.71. The lowest BCUT2D eigenvalue weighted by Gasteiger charge is -2.26. The second kappa shape index (κ2) is 4.57. The third-order valence-corrected chi connectivity index (χ3v) is 2.24. The molecular weight excluding hydrogens is 303 g/mol. The number of likely N-dealkylation sites (N-methyl/N-ethyl adjacent to an activating group) is 1. The Morgan fingerprint density at radius 2 is 1.86 bits per heavy atom. The van der Waals surface area contributed by atoms with Gasteiger partial charge in [-0.2, -0.15) is 0 Å². The van der Waals surface area contributed by atoms with Gasteiger partial charge in [0.15, 0.2) is 0 Å². The second-order valence-corrected chi connectivity index (χ2v) is 4.84. The minimum Gasteiger partial charge on any atom is -1.00 e. The van der Waals surface area contributed by atoms with Crippen LogP contribution < -0.4 is 24.0 Å². The van der Waals surface area contributed by atoms with Crippen molar-refractivity contribution >= 4 is 0 Å².